The van der Waals surface area contributed by atoms with Crippen molar-refractivity contribution in [1.29, 1.82) is 0 Å². The number of urea groups is 1. The van der Waals surface area contributed by atoms with E-state index < -0.39 is 17.9 Å². The molecule has 2 fully saturated rings. The van der Waals surface area contributed by atoms with Crippen LogP contribution in [-0.4, -0.2) is 133 Å². The third kappa shape index (κ3) is 8.06. The number of carboxylic acids is 1. The van der Waals surface area contributed by atoms with Crippen LogP contribution in [0.2, 0.25) is 0 Å². The van der Waals surface area contributed by atoms with E-state index in [1.807, 2.05) is 36.0 Å². The molecule has 0 radical (unpaired) electrons. The van der Waals surface area contributed by atoms with E-state index in [0.717, 1.165) is 60.4 Å². The van der Waals surface area contributed by atoms with Crippen LogP contribution in [0.15, 0.2) is 18.2 Å². The van der Waals surface area contributed by atoms with Gasteiger partial charge in [-0.15, -0.1) is 0 Å². The molecule has 3 heterocycles. The molecule has 4 amide bonds. The Labute approximate surface area is 255 Å². The zero-order chi connectivity index (χ0) is 31.1. The summed E-state index contributed by atoms with van der Waals surface area (Å²) in [6.07, 6.45) is 5.27. The van der Waals surface area contributed by atoms with Crippen LogP contribution in [-0.2, 0) is 20.8 Å². The Balaban J connectivity index is 1.55. The van der Waals surface area contributed by atoms with Crippen molar-refractivity contribution in [2.45, 2.75) is 63.8 Å². The first-order chi connectivity index (χ1) is 20.6. The Kier molecular flexibility index (Phi) is 11.4. The molecule has 11 heteroatoms. The van der Waals surface area contributed by atoms with E-state index in [1.54, 1.807) is 4.90 Å². The van der Waals surface area contributed by atoms with Gasteiger partial charge in [-0.05, 0) is 63.5 Å². The van der Waals surface area contributed by atoms with Crippen molar-refractivity contribution in [3.8, 4) is 5.75 Å². The van der Waals surface area contributed by atoms with Crippen molar-refractivity contribution in [3.05, 3.63) is 29.3 Å². The number of nitrogens with zero attached hydrogens (tertiary/aromatic N) is 5. The highest BCUT2D eigenvalue weighted by atomic mass is 16.5. The van der Waals surface area contributed by atoms with Gasteiger partial charge >= 0.3 is 12.0 Å². The lowest BCUT2D eigenvalue weighted by Crippen LogP contribution is -2.52. The maximum atomic E-state index is 13.8. The fourth-order valence-electron chi connectivity index (χ4n) is 6.65. The number of fused-ring (bicyclic) bond motifs is 1. The van der Waals surface area contributed by atoms with Crippen molar-refractivity contribution in [1.82, 2.24) is 24.5 Å². The number of hydrogen-bond donors (Lipinski definition) is 1. The van der Waals surface area contributed by atoms with E-state index in [1.165, 1.54) is 7.05 Å². The third-order valence-electron chi connectivity index (χ3n) is 9.15. The molecule has 1 N–H and O–H groups in total. The van der Waals surface area contributed by atoms with Crippen molar-refractivity contribution in [2.24, 2.45) is 5.92 Å². The molecule has 0 aliphatic carbocycles. The molecule has 1 aromatic rings. The number of imide groups is 1. The zero-order valence-electron chi connectivity index (χ0n) is 26.3. The Morgan fingerprint density at radius 2 is 1.81 bits per heavy atom. The normalized spacial score (nSPS) is 22.3. The van der Waals surface area contributed by atoms with Gasteiger partial charge < -0.3 is 24.5 Å². The molecule has 0 spiro atoms. The first-order valence-electron chi connectivity index (χ1n) is 15.8. The van der Waals surface area contributed by atoms with Gasteiger partial charge in [0.05, 0.1) is 19.1 Å². The number of unbranched alkanes of at least 4 members (excludes halogenated alkanes) is 2. The number of rotatable bonds is 15. The van der Waals surface area contributed by atoms with Crippen LogP contribution < -0.4 is 4.74 Å². The van der Waals surface area contributed by atoms with Gasteiger partial charge in [-0.25, -0.2) is 4.79 Å². The number of benzene rings is 1. The number of aliphatic carboxylic acids is 1. The van der Waals surface area contributed by atoms with Gasteiger partial charge in [-0.1, -0.05) is 25.5 Å². The van der Waals surface area contributed by atoms with E-state index in [-0.39, 0.29) is 36.7 Å². The van der Waals surface area contributed by atoms with E-state index in [9.17, 15) is 24.3 Å². The predicted octanol–water partition coefficient (Wildman–Crippen LogP) is 2.73. The predicted molar refractivity (Wildman–Crippen MR) is 163 cm³/mol. The molecule has 4 rings (SSSR count). The molecule has 0 bridgehead atoms. The minimum absolute atomic E-state index is 0.0230. The largest absolute Gasteiger partial charge is 0.493 e. The van der Waals surface area contributed by atoms with Crippen molar-refractivity contribution >= 4 is 23.8 Å². The Morgan fingerprint density at radius 1 is 1.07 bits per heavy atom. The number of likely N-dealkylation sites (tertiary alicyclic amines) is 1. The van der Waals surface area contributed by atoms with Crippen LogP contribution in [0, 0.1) is 5.92 Å². The highest BCUT2D eigenvalue weighted by molar-refractivity contribution is 5.96. The molecule has 3 aliphatic heterocycles. The second-order valence-electron chi connectivity index (χ2n) is 12.4. The number of carbonyl (C=O) groups is 4. The summed E-state index contributed by atoms with van der Waals surface area (Å²) in [6.45, 7) is 6.30. The molecule has 3 unspecified atom stereocenters. The minimum Gasteiger partial charge on any atom is -0.493 e. The maximum absolute atomic E-state index is 13.8. The molecule has 0 saturated carbocycles. The van der Waals surface area contributed by atoms with Crippen molar-refractivity contribution < 1.29 is 29.0 Å². The van der Waals surface area contributed by atoms with Gasteiger partial charge in [0.1, 0.15) is 5.75 Å². The Bertz CT molecular complexity index is 1160. The molecule has 0 aromatic heterocycles. The second kappa shape index (κ2) is 15.0. The summed E-state index contributed by atoms with van der Waals surface area (Å²) in [4.78, 5) is 60.4. The second-order valence-corrected chi connectivity index (χ2v) is 12.4. The van der Waals surface area contributed by atoms with E-state index in [4.69, 9.17) is 4.74 Å². The highest BCUT2D eigenvalue weighted by Gasteiger charge is 2.47. The van der Waals surface area contributed by atoms with Crippen LogP contribution in [0.3, 0.4) is 0 Å². The van der Waals surface area contributed by atoms with Gasteiger partial charge in [-0.2, -0.15) is 0 Å². The molecule has 1 aromatic carbocycles. The van der Waals surface area contributed by atoms with Crippen molar-refractivity contribution in [3.63, 3.8) is 0 Å². The molecule has 238 valence electrons. The summed E-state index contributed by atoms with van der Waals surface area (Å²) in [5.41, 5.74) is 2.03. The number of carbonyl (C=O) groups excluding carboxylic acids is 3. The maximum Gasteiger partial charge on any atom is 0.326 e. The summed E-state index contributed by atoms with van der Waals surface area (Å²) in [5.74, 6) is -1.28. The van der Waals surface area contributed by atoms with Gasteiger partial charge in [0.15, 0.2) is 0 Å². The Hall–Kier alpha value is -3.18. The summed E-state index contributed by atoms with van der Waals surface area (Å²) in [5, 5.41) is 10.6. The topological polar surface area (TPSA) is 114 Å². The van der Waals surface area contributed by atoms with E-state index in [0.29, 0.717) is 45.8 Å². The Morgan fingerprint density at radius 3 is 2.53 bits per heavy atom. The smallest absolute Gasteiger partial charge is 0.326 e. The fraction of sp³-hybridized carbons (Fsp3) is 0.688. The average molecular weight is 600 g/mol. The average Bonchev–Trinajstić information content (AvgIpc) is 3.59. The SMILES string of the molecule is CCCCN(CCCCN(C)C)C(=O)CN1CC(c2ccc3c(c2)CCO3)C(C(=O)O)C1CCN1CCC(=O)N(C)C1=O. The molecule has 11 nitrogen and oxygen atoms in total. The minimum atomic E-state index is -0.898. The molecule has 3 atom stereocenters. The highest BCUT2D eigenvalue weighted by Crippen LogP contribution is 2.41. The summed E-state index contributed by atoms with van der Waals surface area (Å²) < 4.78 is 5.68. The third-order valence-corrected chi connectivity index (χ3v) is 9.15. The molecular formula is C32H49N5O6. The lowest BCUT2D eigenvalue weighted by molar-refractivity contribution is -0.144. The fourth-order valence-corrected chi connectivity index (χ4v) is 6.65. The van der Waals surface area contributed by atoms with Gasteiger partial charge in [-0.3, -0.25) is 24.2 Å². The monoisotopic (exact) mass is 599 g/mol. The standard InChI is InChI=1S/C32H49N5O6/c1-5-6-15-35(16-8-7-14-33(2)3)29(39)22-37-21-25(23-9-10-27-24(20-23)13-19-43-27)30(31(40)41)26(37)11-17-36-18-12-28(38)34(4)32(36)42/h9-10,20,25-26,30H,5-8,11-19,21-22H2,1-4H3,(H,40,41). The summed E-state index contributed by atoms with van der Waals surface area (Å²) >= 11 is 0. The lowest BCUT2D eigenvalue weighted by Gasteiger charge is -2.34. The zero-order valence-corrected chi connectivity index (χ0v) is 26.3. The van der Waals surface area contributed by atoms with Crippen LogP contribution in [0.4, 0.5) is 4.79 Å². The van der Waals surface area contributed by atoms with Crippen LogP contribution in [0.5, 0.6) is 5.75 Å². The van der Waals surface area contributed by atoms with Gasteiger partial charge in [0.2, 0.25) is 11.8 Å². The number of carboxylic acid groups (broad SMARTS) is 1. The lowest BCUT2D eigenvalue weighted by atomic mass is 9.83. The van der Waals surface area contributed by atoms with Crippen LogP contribution in [0.25, 0.3) is 0 Å². The molecule has 2 saturated heterocycles. The summed E-state index contributed by atoms with van der Waals surface area (Å²) in [6, 6.07) is 5.16. The molecule has 3 aliphatic rings. The summed E-state index contributed by atoms with van der Waals surface area (Å²) in [7, 11) is 5.57. The van der Waals surface area contributed by atoms with Gasteiger partial charge in [0.25, 0.3) is 0 Å². The van der Waals surface area contributed by atoms with Crippen molar-refractivity contribution in [2.75, 3.05) is 73.6 Å². The quantitative estimate of drug-likeness (QED) is 0.306. The number of hydrogen-bond acceptors (Lipinski definition) is 7. The molecule has 43 heavy (non-hydrogen) atoms. The number of amides is 4. The number of ether oxygens (including phenoxy) is 1. The van der Waals surface area contributed by atoms with E-state index >= 15 is 0 Å². The first-order valence-corrected chi connectivity index (χ1v) is 15.8. The van der Waals surface area contributed by atoms with Crippen LogP contribution >= 0.6 is 0 Å². The first kappa shape index (κ1) is 32.7. The van der Waals surface area contributed by atoms with E-state index in [2.05, 4.69) is 17.9 Å². The van der Waals surface area contributed by atoms with Gasteiger partial charge in [0, 0.05) is 64.6 Å². The van der Waals surface area contributed by atoms with Crippen LogP contribution in [0.1, 0.15) is 62.5 Å². The molecular weight excluding hydrogens is 550 g/mol.